The van der Waals surface area contributed by atoms with E-state index in [0.717, 1.165) is 11.1 Å². The first-order valence-electron chi connectivity index (χ1n) is 5.58. The van der Waals surface area contributed by atoms with Crippen molar-refractivity contribution >= 4 is 10.1 Å². The molecule has 0 saturated heterocycles. The highest BCUT2D eigenvalue weighted by Gasteiger charge is 2.14. The van der Waals surface area contributed by atoms with E-state index in [1.54, 1.807) is 18.2 Å². The Balaban J connectivity index is 2.08. The molecule has 2 rings (SSSR count). The minimum Gasteiger partial charge on any atom is -0.262 e. The van der Waals surface area contributed by atoms with Crippen LogP contribution in [0.25, 0.3) is 0 Å². The summed E-state index contributed by atoms with van der Waals surface area (Å²) >= 11 is 0. The Morgan fingerprint density at radius 2 is 1.56 bits per heavy atom. The molecule has 0 heterocycles. The monoisotopic (exact) mass is 262 g/mol. The molecule has 0 aliphatic carbocycles. The van der Waals surface area contributed by atoms with Gasteiger partial charge in [-0.3, -0.25) is 4.18 Å². The lowest BCUT2D eigenvalue weighted by Crippen LogP contribution is -2.06. The SMILES string of the molecule is Cc1ccc(COS(=O)(=O)c2ccccc2)cc1. The van der Waals surface area contributed by atoms with Gasteiger partial charge in [0.25, 0.3) is 10.1 Å². The fourth-order valence-corrected chi connectivity index (χ4v) is 2.40. The van der Waals surface area contributed by atoms with Gasteiger partial charge in [0.1, 0.15) is 0 Å². The maximum atomic E-state index is 11.9. The highest BCUT2D eigenvalue weighted by molar-refractivity contribution is 7.86. The van der Waals surface area contributed by atoms with Crippen molar-refractivity contribution in [3.8, 4) is 0 Å². The molecule has 0 amide bonds. The molecule has 0 aliphatic rings. The fourth-order valence-electron chi connectivity index (χ4n) is 1.49. The summed E-state index contributed by atoms with van der Waals surface area (Å²) < 4.78 is 28.7. The largest absolute Gasteiger partial charge is 0.297 e. The van der Waals surface area contributed by atoms with Crippen LogP contribution >= 0.6 is 0 Å². The molecule has 94 valence electrons. The highest BCUT2D eigenvalue weighted by Crippen LogP contribution is 2.14. The number of hydrogen-bond acceptors (Lipinski definition) is 3. The predicted octanol–water partition coefficient (Wildman–Crippen LogP) is 2.90. The molecule has 0 unspecified atom stereocenters. The van der Waals surface area contributed by atoms with Gasteiger partial charge in [-0.15, -0.1) is 0 Å². The summed E-state index contributed by atoms with van der Waals surface area (Å²) in [5.41, 5.74) is 1.96. The number of benzene rings is 2. The van der Waals surface area contributed by atoms with Crippen LogP contribution in [0.3, 0.4) is 0 Å². The van der Waals surface area contributed by atoms with E-state index in [1.165, 1.54) is 12.1 Å². The molecular formula is C14H14O3S. The van der Waals surface area contributed by atoms with Gasteiger partial charge in [-0.25, -0.2) is 0 Å². The van der Waals surface area contributed by atoms with E-state index < -0.39 is 10.1 Å². The van der Waals surface area contributed by atoms with E-state index in [-0.39, 0.29) is 11.5 Å². The molecule has 0 N–H and O–H groups in total. The van der Waals surface area contributed by atoms with Crippen molar-refractivity contribution in [2.24, 2.45) is 0 Å². The second-order valence-electron chi connectivity index (χ2n) is 4.01. The number of rotatable bonds is 4. The molecule has 0 radical (unpaired) electrons. The van der Waals surface area contributed by atoms with E-state index in [1.807, 2.05) is 31.2 Å². The van der Waals surface area contributed by atoms with Gasteiger partial charge in [-0.1, -0.05) is 48.0 Å². The third kappa shape index (κ3) is 3.18. The normalized spacial score (nSPS) is 11.4. The van der Waals surface area contributed by atoms with Gasteiger partial charge in [-0.05, 0) is 24.6 Å². The molecule has 0 atom stereocenters. The van der Waals surface area contributed by atoms with Crippen LogP contribution in [0.4, 0.5) is 0 Å². The Hall–Kier alpha value is -1.65. The second-order valence-corrected chi connectivity index (χ2v) is 5.63. The Morgan fingerprint density at radius 3 is 2.17 bits per heavy atom. The lowest BCUT2D eigenvalue weighted by atomic mass is 10.2. The van der Waals surface area contributed by atoms with Crippen molar-refractivity contribution in [3.05, 3.63) is 65.7 Å². The lowest BCUT2D eigenvalue weighted by molar-refractivity contribution is 0.308. The van der Waals surface area contributed by atoms with Gasteiger partial charge in [-0.2, -0.15) is 8.42 Å². The van der Waals surface area contributed by atoms with Crippen molar-refractivity contribution in [2.75, 3.05) is 0 Å². The van der Waals surface area contributed by atoms with Gasteiger partial charge in [0.2, 0.25) is 0 Å². The minimum atomic E-state index is -3.67. The highest BCUT2D eigenvalue weighted by atomic mass is 32.2. The standard InChI is InChI=1S/C14H14O3S/c1-12-7-9-13(10-8-12)11-17-18(15,16)14-5-3-2-4-6-14/h2-10H,11H2,1H3. The van der Waals surface area contributed by atoms with Crippen LogP contribution in [0.5, 0.6) is 0 Å². The summed E-state index contributed by atoms with van der Waals surface area (Å²) in [7, 11) is -3.67. The lowest BCUT2D eigenvalue weighted by Gasteiger charge is -2.05. The molecule has 2 aromatic carbocycles. The first kappa shape index (κ1) is 12.8. The molecule has 2 aromatic rings. The zero-order valence-corrected chi connectivity index (χ0v) is 10.9. The zero-order valence-electron chi connectivity index (χ0n) is 10.0. The van der Waals surface area contributed by atoms with Crippen molar-refractivity contribution in [3.63, 3.8) is 0 Å². The van der Waals surface area contributed by atoms with Crippen LogP contribution in [0.15, 0.2) is 59.5 Å². The number of aryl methyl sites for hydroxylation is 1. The van der Waals surface area contributed by atoms with Gasteiger partial charge < -0.3 is 0 Å². The van der Waals surface area contributed by atoms with E-state index in [0.29, 0.717) is 0 Å². The van der Waals surface area contributed by atoms with Gasteiger partial charge in [0, 0.05) is 0 Å². The van der Waals surface area contributed by atoms with Crippen molar-refractivity contribution in [1.29, 1.82) is 0 Å². The van der Waals surface area contributed by atoms with E-state index in [9.17, 15) is 8.42 Å². The van der Waals surface area contributed by atoms with Crippen LogP contribution in [0.1, 0.15) is 11.1 Å². The molecule has 0 aliphatic heterocycles. The summed E-state index contributed by atoms with van der Waals surface area (Å²) in [6.45, 7) is 2.03. The van der Waals surface area contributed by atoms with E-state index >= 15 is 0 Å². The van der Waals surface area contributed by atoms with Crippen LogP contribution < -0.4 is 0 Å². The molecule has 0 spiro atoms. The molecule has 18 heavy (non-hydrogen) atoms. The molecule has 0 fully saturated rings. The number of hydrogen-bond donors (Lipinski definition) is 0. The van der Waals surface area contributed by atoms with Crippen LogP contribution in [0, 0.1) is 6.92 Å². The second kappa shape index (κ2) is 5.33. The summed E-state index contributed by atoms with van der Waals surface area (Å²) in [4.78, 5) is 0.178. The van der Waals surface area contributed by atoms with Crippen molar-refractivity contribution < 1.29 is 12.6 Å². The molecule has 3 nitrogen and oxygen atoms in total. The van der Waals surface area contributed by atoms with Gasteiger partial charge in [0.15, 0.2) is 0 Å². The quantitative estimate of drug-likeness (QED) is 0.796. The third-order valence-corrected chi connectivity index (χ3v) is 3.81. The average molecular weight is 262 g/mol. The first-order valence-corrected chi connectivity index (χ1v) is 6.99. The summed E-state index contributed by atoms with van der Waals surface area (Å²) in [5.74, 6) is 0. The third-order valence-electron chi connectivity index (χ3n) is 2.53. The summed E-state index contributed by atoms with van der Waals surface area (Å²) in [6.07, 6.45) is 0. The summed E-state index contributed by atoms with van der Waals surface area (Å²) in [6, 6.07) is 15.7. The molecule has 0 aromatic heterocycles. The van der Waals surface area contributed by atoms with Gasteiger partial charge >= 0.3 is 0 Å². The Morgan fingerprint density at radius 1 is 0.944 bits per heavy atom. The van der Waals surface area contributed by atoms with Crippen molar-refractivity contribution in [1.82, 2.24) is 0 Å². The van der Waals surface area contributed by atoms with Crippen molar-refractivity contribution in [2.45, 2.75) is 18.4 Å². The molecule has 0 bridgehead atoms. The minimum absolute atomic E-state index is 0.0531. The maximum absolute atomic E-state index is 11.9. The predicted molar refractivity (Wildman–Crippen MR) is 69.6 cm³/mol. The fraction of sp³-hybridized carbons (Fsp3) is 0.143. The maximum Gasteiger partial charge on any atom is 0.297 e. The topological polar surface area (TPSA) is 43.4 Å². The Bertz CT molecular complexity index is 601. The van der Waals surface area contributed by atoms with E-state index in [2.05, 4.69) is 0 Å². The first-order chi connectivity index (χ1) is 8.58. The Kier molecular flexibility index (Phi) is 3.79. The molecule has 4 heteroatoms. The summed E-state index contributed by atoms with van der Waals surface area (Å²) in [5, 5.41) is 0. The van der Waals surface area contributed by atoms with Gasteiger partial charge in [0.05, 0.1) is 11.5 Å². The van der Waals surface area contributed by atoms with Crippen LogP contribution in [0.2, 0.25) is 0 Å². The molecular weight excluding hydrogens is 248 g/mol. The average Bonchev–Trinajstić information content (AvgIpc) is 2.39. The molecule has 0 saturated carbocycles. The zero-order chi connectivity index (χ0) is 13.0. The smallest absolute Gasteiger partial charge is 0.262 e. The van der Waals surface area contributed by atoms with Crippen LogP contribution in [-0.2, 0) is 20.9 Å². The Labute approximate surface area is 107 Å². The van der Waals surface area contributed by atoms with E-state index in [4.69, 9.17) is 4.18 Å². The van der Waals surface area contributed by atoms with Crippen LogP contribution in [-0.4, -0.2) is 8.42 Å².